The zero-order valence-electron chi connectivity index (χ0n) is 12.7. The highest BCUT2D eigenvalue weighted by Gasteiger charge is 2.29. The molecule has 7 heteroatoms. The number of esters is 1. The minimum absolute atomic E-state index is 0.0884. The maximum Gasteiger partial charge on any atom is 0.321 e. The van der Waals surface area contributed by atoms with Gasteiger partial charge >= 0.3 is 5.97 Å². The van der Waals surface area contributed by atoms with Gasteiger partial charge < -0.3 is 4.74 Å². The molecule has 0 aliphatic heterocycles. The van der Waals surface area contributed by atoms with E-state index in [2.05, 4.69) is 6.58 Å². The normalized spacial score (nSPS) is 11.8. The van der Waals surface area contributed by atoms with E-state index in [4.69, 9.17) is 4.74 Å². The van der Waals surface area contributed by atoms with Crippen molar-refractivity contribution in [3.63, 3.8) is 0 Å². The Morgan fingerprint density at radius 1 is 1.15 bits per heavy atom. The molecule has 0 heterocycles. The molecule has 0 bridgehead atoms. The summed E-state index contributed by atoms with van der Waals surface area (Å²) in [5.74, 6) is -0.550. The summed E-state index contributed by atoms with van der Waals surface area (Å²) >= 11 is 0. The molecule has 0 N–H and O–H groups in total. The molecule has 0 fully saturated rings. The molecule has 0 aliphatic rings. The summed E-state index contributed by atoms with van der Waals surface area (Å²) in [6.45, 7) is 9.97. The Morgan fingerprint density at radius 2 is 1.70 bits per heavy atom. The number of carbonyl (C=O) groups is 1. The van der Waals surface area contributed by atoms with Crippen LogP contribution in [0.5, 0.6) is 0 Å². The average Bonchev–Trinajstić information content (AvgIpc) is 2.38. The lowest BCUT2D eigenvalue weighted by Crippen LogP contribution is -2.46. The molecule has 0 unspecified atom stereocenters. The summed E-state index contributed by atoms with van der Waals surface area (Å²) in [5, 5.41) is 0. The van der Waals surface area contributed by atoms with E-state index in [1.165, 1.54) is 10.4 Å². The van der Waals surface area contributed by atoms with Crippen LogP contribution < -0.4 is 0 Å². The van der Waals surface area contributed by atoms with Crippen molar-refractivity contribution in [2.75, 3.05) is 32.8 Å². The first-order valence-corrected chi connectivity index (χ1v) is 8.35. The van der Waals surface area contributed by atoms with Gasteiger partial charge in [0.1, 0.15) is 6.54 Å². The van der Waals surface area contributed by atoms with E-state index in [1.54, 1.807) is 6.92 Å². The van der Waals surface area contributed by atoms with E-state index < -0.39 is 16.2 Å². The summed E-state index contributed by atoms with van der Waals surface area (Å²) < 4.78 is 32.4. The second kappa shape index (κ2) is 9.90. The van der Waals surface area contributed by atoms with Gasteiger partial charge in [-0.05, 0) is 19.8 Å². The monoisotopic (exact) mass is 306 g/mol. The van der Waals surface area contributed by atoms with Crippen molar-refractivity contribution in [3.8, 4) is 0 Å². The molecular weight excluding hydrogens is 280 g/mol. The highest BCUT2D eigenvalue weighted by molar-refractivity contribution is 7.86. The van der Waals surface area contributed by atoms with Crippen molar-refractivity contribution in [3.05, 3.63) is 12.7 Å². The third kappa shape index (κ3) is 6.02. The molecule has 0 spiro atoms. The number of ether oxygens (including phenoxy) is 1. The van der Waals surface area contributed by atoms with Crippen LogP contribution in [0.3, 0.4) is 0 Å². The smallest absolute Gasteiger partial charge is 0.321 e. The fourth-order valence-corrected chi connectivity index (χ4v) is 3.46. The molecule has 0 aromatic rings. The highest BCUT2D eigenvalue weighted by Crippen LogP contribution is 2.10. The summed E-state index contributed by atoms with van der Waals surface area (Å²) in [6, 6.07) is 0. The fourth-order valence-electron chi connectivity index (χ4n) is 1.74. The summed E-state index contributed by atoms with van der Waals surface area (Å²) in [5.41, 5.74) is 0. The molecule has 0 rings (SSSR count). The van der Waals surface area contributed by atoms with Gasteiger partial charge in [0.05, 0.1) is 6.61 Å². The van der Waals surface area contributed by atoms with Crippen LogP contribution in [0, 0.1) is 0 Å². The number of hydrogen-bond acceptors (Lipinski definition) is 4. The van der Waals surface area contributed by atoms with Gasteiger partial charge in [0, 0.05) is 19.6 Å². The Hall–Kier alpha value is -0.920. The number of carbonyl (C=O) groups excluding carboxylic acids is 1. The molecule has 0 radical (unpaired) electrons. The zero-order chi connectivity index (χ0) is 15.6. The summed E-state index contributed by atoms with van der Waals surface area (Å²) in [6.07, 6.45) is 2.91. The quantitative estimate of drug-likeness (QED) is 0.427. The SMILES string of the molecule is C=CCN(CC(=O)OCC)S(=O)(=O)N(CCC)CCC. The molecule has 0 atom stereocenters. The fraction of sp³-hybridized carbons (Fsp3) is 0.769. The Bertz CT molecular complexity index is 389. The van der Waals surface area contributed by atoms with E-state index >= 15 is 0 Å². The minimum Gasteiger partial charge on any atom is -0.465 e. The Labute approximate surface area is 122 Å². The van der Waals surface area contributed by atoms with Crippen LogP contribution in [0.4, 0.5) is 0 Å². The summed E-state index contributed by atoms with van der Waals surface area (Å²) in [7, 11) is -3.67. The maximum atomic E-state index is 12.5. The van der Waals surface area contributed by atoms with Gasteiger partial charge in [0.25, 0.3) is 10.2 Å². The van der Waals surface area contributed by atoms with E-state index in [0.717, 1.165) is 17.1 Å². The van der Waals surface area contributed by atoms with Crippen molar-refractivity contribution in [1.29, 1.82) is 0 Å². The van der Waals surface area contributed by atoms with Crippen LogP contribution in [0.25, 0.3) is 0 Å². The van der Waals surface area contributed by atoms with Gasteiger partial charge in [-0.1, -0.05) is 19.9 Å². The third-order valence-electron chi connectivity index (χ3n) is 2.54. The zero-order valence-corrected chi connectivity index (χ0v) is 13.5. The Kier molecular flexibility index (Phi) is 9.45. The predicted molar refractivity (Wildman–Crippen MR) is 79.5 cm³/mol. The molecular formula is C13H26N2O4S. The first-order chi connectivity index (χ1) is 9.43. The van der Waals surface area contributed by atoms with Crippen LogP contribution >= 0.6 is 0 Å². The largest absolute Gasteiger partial charge is 0.465 e. The topological polar surface area (TPSA) is 66.9 Å². The van der Waals surface area contributed by atoms with Crippen LogP contribution in [-0.2, 0) is 19.7 Å². The maximum absolute atomic E-state index is 12.5. The van der Waals surface area contributed by atoms with Gasteiger partial charge in [-0.15, -0.1) is 6.58 Å². The van der Waals surface area contributed by atoms with E-state index in [0.29, 0.717) is 13.1 Å². The molecule has 20 heavy (non-hydrogen) atoms. The number of hydrogen-bond donors (Lipinski definition) is 0. The molecule has 0 saturated heterocycles. The Balaban J connectivity index is 5.09. The number of rotatable bonds is 11. The van der Waals surface area contributed by atoms with Crippen LogP contribution in [0.1, 0.15) is 33.6 Å². The van der Waals surface area contributed by atoms with E-state index in [-0.39, 0.29) is 19.7 Å². The molecule has 0 saturated carbocycles. The lowest BCUT2D eigenvalue weighted by atomic mass is 10.4. The van der Waals surface area contributed by atoms with Crippen molar-refractivity contribution >= 4 is 16.2 Å². The standard InChI is InChI=1S/C13H26N2O4S/c1-5-9-14(10-6-2)20(17,18)15(11-7-3)12-13(16)19-8-4/h7H,3,5-6,8-12H2,1-2,4H3. The van der Waals surface area contributed by atoms with Crippen molar-refractivity contribution in [1.82, 2.24) is 8.61 Å². The second-order valence-electron chi connectivity index (χ2n) is 4.29. The van der Waals surface area contributed by atoms with Gasteiger partial charge in [0.15, 0.2) is 0 Å². The molecule has 0 amide bonds. The van der Waals surface area contributed by atoms with Gasteiger partial charge in [-0.25, -0.2) is 0 Å². The second-order valence-corrected chi connectivity index (χ2v) is 6.22. The van der Waals surface area contributed by atoms with Crippen LogP contribution in [-0.4, -0.2) is 55.8 Å². The minimum atomic E-state index is -3.67. The van der Waals surface area contributed by atoms with E-state index in [9.17, 15) is 13.2 Å². The van der Waals surface area contributed by atoms with Crippen LogP contribution in [0.2, 0.25) is 0 Å². The molecule has 118 valence electrons. The molecule has 0 aromatic carbocycles. The van der Waals surface area contributed by atoms with Gasteiger partial charge in [-0.2, -0.15) is 17.0 Å². The lowest BCUT2D eigenvalue weighted by molar-refractivity contribution is -0.143. The van der Waals surface area contributed by atoms with Gasteiger partial charge in [0.2, 0.25) is 0 Å². The third-order valence-corrected chi connectivity index (χ3v) is 4.49. The highest BCUT2D eigenvalue weighted by atomic mass is 32.2. The van der Waals surface area contributed by atoms with Gasteiger partial charge in [-0.3, -0.25) is 4.79 Å². The number of nitrogens with zero attached hydrogens (tertiary/aromatic N) is 2. The Morgan fingerprint density at radius 3 is 2.10 bits per heavy atom. The lowest BCUT2D eigenvalue weighted by Gasteiger charge is -2.28. The van der Waals surface area contributed by atoms with Crippen molar-refractivity contribution in [2.45, 2.75) is 33.6 Å². The van der Waals surface area contributed by atoms with Crippen molar-refractivity contribution < 1.29 is 17.9 Å². The first-order valence-electron chi connectivity index (χ1n) is 6.95. The van der Waals surface area contributed by atoms with Crippen molar-refractivity contribution in [2.24, 2.45) is 0 Å². The van der Waals surface area contributed by atoms with Crippen LogP contribution in [0.15, 0.2) is 12.7 Å². The molecule has 6 nitrogen and oxygen atoms in total. The summed E-state index contributed by atoms with van der Waals surface area (Å²) in [4.78, 5) is 11.5. The molecule has 0 aromatic heterocycles. The molecule has 0 aliphatic carbocycles. The first kappa shape index (κ1) is 19.1. The van der Waals surface area contributed by atoms with E-state index in [1.807, 2.05) is 13.8 Å². The average molecular weight is 306 g/mol. The predicted octanol–water partition coefficient (Wildman–Crippen LogP) is 1.40.